The summed E-state index contributed by atoms with van der Waals surface area (Å²) in [6.45, 7) is 4.25. The first-order valence-electron chi connectivity index (χ1n) is 6.51. The van der Waals surface area contributed by atoms with Crippen LogP contribution in [0.2, 0.25) is 5.02 Å². The molecule has 0 saturated carbocycles. The van der Waals surface area contributed by atoms with Gasteiger partial charge in [0.1, 0.15) is 5.69 Å². The number of aromatic nitrogens is 2. The highest BCUT2D eigenvalue weighted by molar-refractivity contribution is 6.30. The van der Waals surface area contributed by atoms with Gasteiger partial charge in [-0.1, -0.05) is 30.7 Å². The first kappa shape index (κ1) is 17.5. The van der Waals surface area contributed by atoms with Gasteiger partial charge in [-0.05, 0) is 24.7 Å². The zero-order valence-corrected chi connectivity index (χ0v) is 13.2. The van der Waals surface area contributed by atoms with E-state index < -0.39 is 0 Å². The maximum Gasteiger partial charge on any atom is 0.269 e. The van der Waals surface area contributed by atoms with Crippen LogP contribution in [0.3, 0.4) is 0 Å². The van der Waals surface area contributed by atoms with Gasteiger partial charge in [-0.25, -0.2) is 0 Å². The molecule has 0 radical (unpaired) electrons. The van der Waals surface area contributed by atoms with Crippen LogP contribution in [0.5, 0.6) is 0 Å². The van der Waals surface area contributed by atoms with Gasteiger partial charge in [-0.15, -0.1) is 12.4 Å². The van der Waals surface area contributed by atoms with E-state index in [2.05, 4.69) is 20.8 Å². The fraction of sp³-hybridized carbons (Fsp3) is 0.286. The molecule has 3 N–H and O–H groups in total. The SMILES string of the molecule is CCNCCNC(=O)c1cc(-c2ccc(Cl)cc2)n[nH]1.Cl. The Kier molecular flexibility index (Phi) is 7.22. The van der Waals surface area contributed by atoms with Crippen LogP contribution in [0.15, 0.2) is 30.3 Å². The number of halogens is 2. The van der Waals surface area contributed by atoms with E-state index in [9.17, 15) is 4.79 Å². The Labute approximate surface area is 134 Å². The van der Waals surface area contributed by atoms with E-state index in [0.717, 1.165) is 24.3 Å². The van der Waals surface area contributed by atoms with E-state index in [0.29, 0.717) is 17.3 Å². The number of benzene rings is 1. The highest BCUT2D eigenvalue weighted by Crippen LogP contribution is 2.20. The lowest BCUT2D eigenvalue weighted by molar-refractivity contribution is 0.0949. The van der Waals surface area contributed by atoms with Crippen molar-refractivity contribution >= 4 is 29.9 Å². The lowest BCUT2D eigenvalue weighted by Gasteiger charge is -2.03. The van der Waals surface area contributed by atoms with Crippen LogP contribution in [0.25, 0.3) is 11.3 Å². The number of likely N-dealkylation sites (N-methyl/N-ethyl adjacent to an activating group) is 1. The van der Waals surface area contributed by atoms with Crippen LogP contribution in [0, 0.1) is 0 Å². The molecule has 21 heavy (non-hydrogen) atoms. The molecule has 0 saturated heterocycles. The van der Waals surface area contributed by atoms with Gasteiger partial charge in [0.2, 0.25) is 0 Å². The molecule has 0 unspecified atom stereocenters. The van der Waals surface area contributed by atoms with E-state index in [4.69, 9.17) is 11.6 Å². The van der Waals surface area contributed by atoms with Crippen molar-refractivity contribution in [3.05, 3.63) is 41.0 Å². The molecule has 0 aliphatic rings. The molecule has 0 aliphatic carbocycles. The Balaban J connectivity index is 0.00000220. The third-order valence-corrected chi connectivity index (χ3v) is 3.05. The topological polar surface area (TPSA) is 69.8 Å². The number of carbonyl (C=O) groups excluding carboxylic acids is 1. The molecule has 1 heterocycles. The van der Waals surface area contributed by atoms with Crippen LogP contribution in [0.4, 0.5) is 0 Å². The second-order valence-electron chi connectivity index (χ2n) is 4.28. The quantitative estimate of drug-likeness (QED) is 0.713. The number of aromatic amines is 1. The van der Waals surface area contributed by atoms with E-state index in [1.54, 1.807) is 18.2 Å². The van der Waals surface area contributed by atoms with Crippen molar-refractivity contribution in [2.24, 2.45) is 0 Å². The predicted octanol–water partition coefficient (Wildman–Crippen LogP) is 2.49. The van der Waals surface area contributed by atoms with Gasteiger partial charge in [0.25, 0.3) is 5.91 Å². The van der Waals surface area contributed by atoms with Crippen molar-refractivity contribution in [3.8, 4) is 11.3 Å². The molecule has 0 spiro atoms. The fourth-order valence-corrected chi connectivity index (χ4v) is 1.87. The van der Waals surface area contributed by atoms with Gasteiger partial charge in [0.15, 0.2) is 0 Å². The van der Waals surface area contributed by atoms with Gasteiger partial charge in [-0.3, -0.25) is 9.89 Å². The second kappa shape index (κ2) is 8.67. The smallest absolute Gasteiger partial charge is 0.269 e. The van der Waals surface area contributed by atoms with Crippen molar-refractivity contribution in [2.75, 3.05) is 19.6 Å². The Bertz CT molecular complexity index is 569. The summed E-state index contributed by atoms with van der Waals surface area (Å²) in [5.74, 6) is -0.157. The van der Waals surface area contributed by atoms with E-state index >= 15 is 0 Å². The van der Waals surface area contributed by atoms with Crippen molar-refractivity contribution in [2.45, 2.75) is 6.92 Å². The van der Waals surface area contributed by atoms with Gasteiger partial charge >= 0.3 is 0 Å². The number of rotatable bonds is 6. The molecule has 7 heteroatoms. The highest BCUT2D eigenvalue weighted by Gasteiger charge is 2.10. The zero-order valence-electron chi connectivity index (χ0n) is 11.6. The first-order chi connectivity index (χ1) is 9.70. The van der Waals surface area contributed by atoms with Crippen molar-refractivity contribution in [1.29, 1.82) is 0 Å². The average molecular weight is 329 g/mol. The summed E-state index contributed by atoms with van der Waals surface area (Å²) in [4.78, 5) is 11.9. The lowest BCUT2D eigenvalue weighted by Crippen LogP contribution is -2.31. The molecular formula is C14H18Cl2N4O. The molecule has 114 valence electrons. The maximum absolute atomic E-state index is 11.9. The van der Waals surface area contributed by atoms with Crippen LogP contribution < -0.4 is 10.6 Å². The molecule has 1 aromatic carbocycles. The zero-order chi connectivity index (χ0) is 14.4. The Morgan fingerprint density at radius 3 is 2.67 bits per heavy atom. The fourth-order valence-electron chi connectivity index (χ4n) is 1.74. The van der Waals surface area contributed by atoms with Crippen LogP contribution >= 0.6 is 24.0 Å². The Hall–Kier alpha value is -1.56. The van der Waals surface area contributed by atoms with E-state index in [-0.39, 0.29) is 18.3 Å². The largest absolute Gasteiger partial charge is 0.349 e. The molecule has 0 fully saturated rings. The molecule has 0 aliphatic heterocycles. The molecule has 0 bridgehead atoms. The maximum atomic E-state index is 11.9. The van der Waals surface area contributed by atoms with Crippen LogP contribution in [-0.4, -0.2) is 35.7 Å². The van der Waals surface area contributed by atoms with Crippen molar-refractivity contribution in [3.63, 3.8) is 0 Å². The Morgan fingerprint density at radius 2 is 2.00 bits per heavy atom. The van der Waals surface area contributed by atoms with Crippen LogP contribution in [0.1, 0.15) is 17.4 Å². The number of nitrogens with zero attached hydrogens (tertiary/aromatic N) is 1. The molecule has 2 aromatic rings. The monoisotopic (exact) mass is 328 g/mol. The standard InChI is InChI=1S/C14H17ClN4O.ClH/c1-2-16-7-8-17-14(20)13-9-12(18-19-13)10-3-5-11(15)6-4-10;/h3-6,9,16H,2,7-8H2,1H3,(H,17,20)(H,18,19);1H. The van der Waals surface area contributed by atoms with Gasteiger partial charge in [-0.2, -0.15) is 5.10 Å². The highest BCUT2D eigenvalue weighted by atomic mass is 35.5. The summed E-state index contributed by atoms with van der Waals surface area (Å²) in [6, 6.07) is 9.05. The normalized spacial score (nSPS) is 10.0. The third kappa shape index (κ3) is 5.04. The minimum absolute atomic E-state index is 0. The van der Waals surface area contributed by atoms with E-state index in [1.807, 2.05) is 19.1 Å². The molecule has 1 amide bonds. The van der Waals surface area contributed by atoms with E-state index in [1.165, 1.54) is 0 Å². The third-order valence-electron chi connectivity index (χ3n) is 2.80. The van der Waals surface area contributed by atoms with Crippen LogP contribution in [-0.2, 0) is 0 Å². The molecule has 5 nitrogen and oxygen atoms in total. The number of H-pyrrole nitrogens is 1. The first-order valence-corrected chi connectivity index (χ1v) is 6.88. The Morgan fingerprint density at radius 1 is 1.29 bits per heavy atom. The number of carbonyl (C=O) groups is 1. The molecule has 2 rings (SSSR count). The lowest BCUT2D eigenvalue weighted by atomic mass is 10.1. The summed E-state index contributed by atoms with van der Waals surface area (Å²) in [7, 11) is 0. The summed E-state index contributed by atoms with van der Waals surface area (Å²) in [5.41, 5.74) is 2.09. The number of hydrogen-bond acceptors (Lipinski definition) is 3. The minimum Gasteiger partial charge on any atom is -0.349 e. The average Bonchev–Trinajstić information content (AvgIpc) is 2.94. The summed E-state index contributed by atoms with van der Waals surface area (Å²) >= 11 is 5.84. The van der Waals surface area contributed by atoms with Gasteiger partial charge in [0.05, 0.1) is 5.69 Å². The number of nitrogens with one attached hydrogen (secondary N) is 3. The molecule has 1 aromatic heterocycles. The van der Waals surface area contributed by atoms with Crippen molar-refractivity contribution < 1.29 is 4.79 Å². The molecular weight excluding hydrogens is 311 g/mol. The predicted molar refractivity (Wildman–Crippen MR) is 87.2 cm³/mol. The number of hydrogen-bond donors (Lipinski definition) is 3. The van der Waals surface area contributed by atoms with Crippen molar-refractivity contribution in [1.82, 2.24) is 20.8 Å². The molecule has 0 atom stereocenters. The summed E-state index contributed by atoms with van der Waals surface area (Å²) in [5, 5.41) is 13.5. The van der Waals surface area contributed by atoms with Gasteiger partial charge in [0, 0.05) is 23.7 Å². The number of amides is 1. The minimum atomic E-state index is -0.157. The van der Waals surface area contributed by atoms with Gasteiger partial charge < -0.3 is 10.6 Å². The summed E-state index contributed by atoms with van der Waals surface area (Å²) < 4.78 is 0. The second-order valence-corrected chi connectivity index (χ2v) is 4.72. The summed E-state index contributed by atoms with van der Waals surface area (Å²) in [6.07, 6.45) is 0.